The molecule has 0 unspecified atom stereocenters. The van der Waals surface area contributed by atoms with Crippen LogP contribution in [0.2, 0.25) is 0 Å². The number of nitrogens with two attached hydrogens (primary N) is 1. The number of amides is 1. The number of aromatic amines is 2. The van der Waals surface area contributed by atoms with Crippen LogP contribution in [0.4, 0.5) is 5.82 Å². The van der Waals surface area contributed by atoms with Crippen molar-refractivity contribution in [1.29, 1.82) is 0 Å². The molecule has 0 spiro atoms. The molecular weight excluding hydrogens is 408 g/mol. The number of carbonyl (C=O) groups excluding carboxylic acids is 1. The van der Waals surface area contributed by atoms with Crippen molar-refractivity contribution in [3.8, 4) is 0 Å². The van der Waals surface area contributed by atoms with Crippen molar-refractivity contribution < 1.29 is 4.79 Å². The van der Waals surface area contributed by atoms with E-state index in [0.29, 0.717) is 16.9 Å². The number of aromatic nitrogens is 2. The number of H-pyrrole nitrogens is 2. The monoisotopic (exact) mass is 430 g/mol. The van der Waals surface area contributed by atoms with Crippen LogP contribution in [0.3, 0.4) is 0 Å². The summed E-state index contributed by atoms with van der Waals surface area (Å²) in [5.74, 6) is 0.204. The van der Waals surface area contributed by atoms with Gasteiger partial charge in [0.15, 0.2) is 0 Å². The van der Waals surface area contributed by atoms with Crippen LogP contribution in [-0.4, -0.2) is 26.8 Å². The molecule has 7 heteroatoms. The third-order valence-corrected chi connectivity index (χ3v) is 5.22. The second-order valence-electron chi connectivity index (χ2n) is 7.09. The zero-order valence-corrected chi connectivity index (χ0v) is 17.4. The fourth-order valence-corrected chi connectivity index (χ4v) is 3.78. The molecule has 1 aromatic carbocycles. The Kier molecular flexibility index (Phi) is 5.15. The summed E-state index contributed by atoms with van der Waals surface area (Å²) in [5, 5.41) is 0.900. The highest BCUT2D eigenvalue weighted by Crippen LogP contribution is 2.28. The normalized spacial score (nSPS) is 11.3. The van der Waals surface area contributed by atoms with Gasteiger partial charge in [-0.15, -0.1) is 0 Å². The van der Waals surface area contributed by atoms with Crippen molar-refractivity contribution in [2.45, 2.75) is 40.3 Å². The second kappa shape index (κ2) is 7.23. The van der Waals surface area contributed by atoms with Gasteiger partial charge < -0.3 is 20.6 Å². The van der Waals surface area contributed by atoms with Crippen LogP contribution in [0, 0.1) is 13.8 Å². The van der Waals surface area contributed by atoms with Crippen molar-refractivity contribution in [3.63, 3.8) is 0 Å². The Balaban J connectivity index is 2.08. The van der Waals surface area contributed by atoms with E-state index in [1.165, 1.54) is 0 Å². The molecule has 27 heavy (non-hydrogen) atoms. The summed E-state index contributed by atoms with van der Waals surface area (Å²) in [5.41, 5.74) is 9.27. The van der Waals surface area contributed by atoms with Crippen molar-refractivity contribution in [2.24, 2.45) is 0 Å². The first-order valence-electron chi connectivity index (χ1n) is 8.75. The van der Waals surface area contributed by atoms with E-state index < -0.39 is 0 Å². The molecule has 0 aliphatic rings. The van der Waals surface area contributed by atoms with E-state index in [-0.39, 0.29) is 24.1 Å². The van der Waals surface area contributed by atoms with Crippen molar-refractivity contribution in [2.75, 3.05) is 5.73 Å². The predicted octanol–water partition coefficient (Wildman–Crippen LogP) is 3.87. The number of benzene rings is 1. The number of nitrogens with zero attached hydrogens (tertiary/aromatic N) is 1. The van der Waals surface area contributed by atoms with E-state index in [9.17, 15) is 9.59 Å². The summed E-state index contributed by atoms with van der Waals surface area (Å²) in [6, 6.07) is 5.42. The molecule has 0 atom stereocenters. The van der Waals surface area contributed by atoms with Gasteiger partial charge in [-0.05, 0) is 57.0 Å². The van der Waals surface area contributed by atoms with Crippen LogP contribution in [0.15, 0.2) is 33.7 Å². The summed E-state index contributed by atoms with van der Waals surface area (Å²) < 4.78 is 0.824. The Hall–Kier alpha value is -2.54. The fraction of sp³-hybridized carbons (Fsp3) is 0.300. The van der Waals surface area contributed by atoms with Gasteiger partial charge in [-0.25, -0.2) is 0 Å². The molecule has 2 aromatic heterocycles. The molecule has 0 saturated carbocycles. The molecule has 6 nitrogen and oxygen atoms in total. The van der Waals surface area contributed by atoms with Crippen molar-refractivity contribution in [3.05, 3.63) is 61.5 Å². The van der Waals surface area contributed by atoms with E-state index >= 15 is 0 Å². The number of fused-ring (bicyclic) bond motifs is 1. The lowest BCUT2D eigenvalue weighted by molar-refractivity contribution is 0.0691. The highest BCUT2D eigenvalue weighted by atomic mass is 79.9. The van der Waals surface area contributed by atoms with Gasteiger partial charge in [-0.3, -0.25) is 9.59 Å². The maximum Gasteiger partial charge on any atom is 0.255 e. The quantitative estimate of drug-likeness (QED) is 0.585. The number of hydrogen-bond donors (Lipinski definition) is 3. The average molecular weight is 431 g/mol. The third-order valence-electron chi connectivity index (χ3n) is 4.76. The second-order valence-corrected chi connectivity index (χ2v) is 8.01. The van der Waals surface area contributed by atoms with Crippen LogP contribution in [0.1, 0.15) is 40.9 Å². The molecule has 0 aliphatic carbocycles. The zero-order chi connectivity index (χ0) is 19.9. The highest BCUT2D eigenvalue weighted by Gasteiger charge is 2.24. The molecule has 0 bridgehead atoms. The summed E-state index contributed by atoms with van der Waals surface area (Å²) in [4.78, 5) is 33.3. The van der Waals surface area contributed by atoms with Gasteiger partial charge in [0.25, 0.3) is 11.5 Å². The van der Waals surface area contributed by atoms with Crippen LogP contribution in [0.25, 0.3) is 10.9 Å². The Labute approximate surface area is 165 Å². The number of rotatable bonds is 4. The fourth-order valence-electron chi connectivity index (χ4n) is 3.32. The SMILES string of the molecule is Cc1cc(N)[nH]c(=O)c1CN(C(=O)c1cc(Br)cc2[nH]cc(C)c12)C(C)C. The van der Waals surface area contributed by atoms with E-state index in [0.717, 1.165) is 26.5 Å². The van der Waals surface area contributed by atoms with Crippen LogP contribution in [0.5, 0.6) is 0 Å². The van der Waals surface area contributed by atoms with Crippen molar-refractivity contribution >= 4 is 38.6 Å². The first-order valence-corrected chi connectivity index (χ1v) is 9.54. The lowest BCUT2D eigenvalue weighted by atomic mass is 10.0. The number of carbonyl (C=O) groups is 1. The van der Waals surface area contributed by atoms with Crippen LogP contribution < -0.4 is 11.3 Å². The Morgan fingerprint density at radius 2 is 1.93 bits per heavy atom. The van der Waals surface area contributed by atoms with Gasteiger partial charge in [-0.2, -0.15) is 0 Å². The van der Waals surface area contributed by atoms with E-state index in [4.69, 9.17) is 5.73 Å². The minimum absolute atomic E-state index is 0.0814. The topological polar surface area (TPSA) is 95.0 Å². The first kappa shape index (κ1) is 19.2. The standard InChI is InChI=1S/C20H23BrN4O2/c1-10(2)25(9-15-11(3)5-17(22)24-19(15)26)20(27)14-6-13(21)7-16-18(14)12(4)8-23-16/h5-8,10,23H,9H2,1-4H3,(H3,22,24,26). The van der Waals surface area contributed by atoms with Gasteiger partial charge in [0, 0.05) is 33.2 Å². The number of pyridine rings is 1. The van der Waals surface area contributed by atoms with Crippen LogP contribution in [-0.2, 0) is 6.54 Å². The van der Waals surface area contributed by atoms with Crippen LogP contribution >= 0.6 is 15.9 Å². The van der Waals surface area contributed by atoms with Gasteiger partial charge >= 0.3 is 0 Å². The zero-order valence-electron chi connectivity index (χ0n) is 15.8. The highest BCUT2D eigenvalue weighted by molar-refractivity contribution is 9.10. The summed E-state index contributed by atoms with van der Waals surface area (Å²) in [6.45, 7) is 7.90. The molecule has 0 radical (unpaired) electrons. The average Bonchev–Trinajstić information content (AvgIpc) is 2.93. The molecule has 0 fully saturated rings. The smallest absolute Gasteiger partial charge is 0.255 e. The molecule has 4 N–H and O–H groups in total. The van der Waals surface area contributed by atoms with Crippen molar-refractivity contribution in [1.82, 2.24) is 14.9 Å². The molecule has 0 saturated heterocycles. The number of anilines is 1. The molecule has 2 heterocycles. The maximum atomic E-state index is 13.5. The molecular formula is C20H23BrN4O2. The minimum atomic E-state index is -0.261. The molecule has 3 rings (SSSR count). The number of hydrogen-bond acceptors (Lipinski definition) is 3. The molecule has 1 amide bonds. The Bertz CT molecular complexity index is 1080. The number of nitrogen functional groups attached to an aromatic ring is 1. The maximum absolute atomic E-state index is 13.5. The largest absolute Gasteiger partial charge is 0.385 e. The molecule has 142 valence electrons. The van der Waals surface area contributed by atoms with Gasteiger partial charge in [-0.1, -0.05) is 15.9 Å². The molecule has 3 aromatic rings. The summed E-state index contributed by atoms with van der Waals surface area (Å²) in [7, 11) is 0. The number of aryl methyl sites for hydroxylation is 2. The lowest BCUT2D eigenvalue weighted by Crippen LogP contribution is -2.38. The Morgan fingerprint density at radius 1 is 1.22 bits per heavy atom. The summed E-state index contributed by atoms with van der Waals surface area (Å²) in [6.07, 6.45) is 1.89. The lowest BCUT2D eigenvalue weighted by Gasteiger charge is -2.28. The van der Waals surface area contributed by atoms with E-state index in [1.54, 1.807) is 11.0 Å². The first-order chi connectivity index (χ1) is 12.7. The third kappa shape index (κ3) is 3.64. The number of halogens is 1. The van der Waals surface area contributed by atoms with Gasteiger partial charge in [0.05, 0.1) is 12.1 Å². The van der Waals surface area contributed by atoms with E-state index in [2.05, 4.69) is 25.9 Å². The Morgan fingerprint density at radius 3 is 2.56 bits per heavy atom. The molecule has 0 aliphatic heterocycles. The van der Waals surface area contributed by atoms with Gasteiger partial charge in [0.2, 0.25) is 0 Å². The predicted molar refractivity (Wildman–Crippen MR) is 112 cm³/mol. The summed E-state index contributed by atoms with van der Waals surface area (Å²) >= 11 is 3.49. The van der Waals surface area contributed by atoms with Gasteiger partial charge in [0.1, 0.15) is 5.82 Å². The van der Waals surface area contributed by atoms with E-state index in [1.807, 2.05) is 46.0 Å². The number of nitrogens with one attached hydrogen (secondary N) is 2. The minimum Gasteiger partial charge on any atom is -0.385 e.